The molecule has 0 spiro atoms. The summed E-state index contributed by atoms with van der Waals surface area (Å²) in [5, 5.41) is 8.42. The molecule has 0 saturated carbocycles. The van der Waals surface area contributed by atoms with Gasteiger partial charge in [0.1, 0.15) is 0 Å². The van der Waals surface area contributed by atoms with E-state index in [1.165, 1.54) is 0 Å². The Bertz CT molecular complexity index is 271. The van der Waals surface area contributed by atoms with E-state index in [2.05, 4.69) is 0 Å². The zero-order valence-electron chi connectivity index (χ0n) is 9.86. The molecular formula is C11H18N2O3. The third kappa shape index (κ3) is 6.02. The first-order valence-corrected chi connectivity index (χ1v) is 5.46. The first-order chi connectivity index (χ1) is 7.65. The monoisotopic (exact) mass is 226 g/mol. The van der Waals surface area contributed by atoms with Gasteiger partial charge in [0.15, 0.2) is 0 Å². The van der Waals surface area contributed by atoms with E-state index in [1.54, 1.807) is 11.8 Å². The summed E-state index contributed by atoms with van der Waals surface area (Å²) in [6.45, 7) is 4.89. The topological polar surface area (TPSA) is 70.4 Å². The minimum atomic E-state index is -0.354. The van der Waals surface area contributed by atoms with Crippen LogP contribution in [0.15, 0.2) is 0 Å². The molecule has 0 aromatic heterocycles. The smallest absolute Gasteiger partial charge is 0.306 e. The number of nitrogens with zero attached hydrogens (tertiary/aromatic N) is 2. The molecule has 0 rings (SSSR count). The highest BCUT2D eigenvalue weighted by molar-refractivity contribution is 5.81. The molecule has 0 atom stereocenters. The second-order valence-electron chi connectivity index (χ2n) is 3.19. The Kier molecular flexibility index (Phi) is 7.86. The van der Waals surface area contributed by atoms with Crippen LogP contribution in [-0.4, -0.2) is 36.5 Å². The molecule has 16 heavy (non-hydrogen) atoms. The minimum Gasteiger partial charge on any atom is -0.466 e. The average Bonchev–Trinajstić information content (AvgIpc) is 2.28. The fourth-order valence-electron chi connectivity index (χ4n) is 1.24. The summed E-state index contributed by atoms with van der Waals surface area (Å²) in [4.78, 5) is 24.2. The second kappa shape index (κ2) is 8.72. The van der Waals surface area contributed by atoms with E-state index in [-0.39, 0.29) is 24.7 Å². The number of carbonyl (C=O) groups is 2. The summed E-state index contributed by atoms with van der Waals surface area (Å²) in [7, 11) is 0. The van der Waals surface area contributed by atoms with Crippen LogP contribution in [0.3, 0.4) is 0 Å². The Hall–Kier alpha value is -1.57. The molecule has 0 aliphatic heterocycles. The second-order valence-corrected chi connectivity index (χ2v) is 3.19. The van der Waals surface area contributed by atoms with Crippen LogP contribution >= 0.6 is 0 Å². The van der Waals surface area contributed by atoms with E-state index in [9.17, 15) is 9.59 Å². The Labute approximate surface area is 96.0 Å². The SMILES string of the molecule is CCOC(=O)CCC(=O)N(CC)CCC#N. The van der Waals surface area contributed by atoms with Gasteiger partial charge in [0.2, 0.25) is 5.91 Å². The highest BCUT2D eigenvalue weighted by Gasteiger charge is 2.13. The maximum absolute atomic E-state index is 11.6. The summed E-state index contributed by atoms with van der Waals surface area (Å²) in [6.07, 6.45) is 0.576. The molecule has 5 heteroatoms. The summed E-state index contributed by atoms with van der Waals surface area (Å²) >= 11 is 0. The van der Waals surface area contributed by atoms with Crippen LogP contribution in [0.25, 0.3) is 0 Å². The first-order valence-electron chi connectivity index (χ1n) is 5.46. The molecule has 0 saturated heterocycles. The van der Waals surface area contributed by atoms with Crippen LogP contribution in [0, 0.1) is 11.3 Å². The largest absolute Gasteiger partial charge is 0.466 e. The van der Waals surface area contributed by atoms with Crippen molar-refractivity contribution in [3.63, 3.8) is 0 Å². The Balaban J connectivity index is 3.93. The van der Waals surface area contributed by atoms with Crippen LogP contribution in [0.2, 0.25) is 0 Å². The average molecular weight is 226 g/mol. The van der Waals surface area contributed by atoms with E-state index in [0.717, 1.165) is 0 Å². The molecule has 0 bridgehead atoms. The lowest BCUT2D eigenvalue weighted by molar-refractivity contribution is -0.145. The van der Waals surface area contributed by atoms with Crippen LogP contribution in [-0.2, 0) is 14.3 Å². The molecule has 0 aromatic carbocycles. The molecule has 5 nitrogen and oxygen atoms in total. The molecule has 1 amide bonds. The molecule has 90 valence electrons. The van der Waals surface area contributed by atoms with Crippen molar-refractivity contribution in [3.8, 4) is 6.07 Å². The normalized spacial score (nSPS) is 9.31. The number of rotatable bonds is 7. The standard InChI is InChI=1S/C11H18N2O3/c1-3-13(9-5-8-12)10(14)6-7-11(15)16-4-2/h3-7,9H2,1-2H3. The third-order valence-electron chi connectivity index (χ3n) is 2.08. The van der Waals surface area contributed by atoms with Gasteiger partial charge in [-0.25, -0.2) is 0 Å². The number of nitriles is 1. The number of hydrogen-bond acceptors (Lipinski definition) is 4. The predicted molar refractivity (Wildman–Crippen MR) is 58.4 cm³/mol. The lowest BCUT2D eigenvalue weighted by atomic mass is 10.2. The van der Waals surface area contributed by atoms with E-state index in [4.69, 9.17) is 10.00 Å². The van der Waals surface area contributed by atoms with Crippen molar-refractivity contribution in [2.24, 2.45) is 0 Å². The highest BCUT2D eigenvalue weighted by Crippen LogP contribution is 2.00. The Morgan fingerprint density at radius 1 is 1.31 bits per heavy atom. The molecule has 0 radical (unpaired) electrons. The summed E-state index contributed by atoms with van der Waals surface area (Å²) in [5.74, 6) is -0.460. The highest BCUT2D eigenvalue weighted by atomic mass is 16.5. The van der Waals surface area contributed by atoms with Gasteiger partial charge in [0.05, 0.1) is 25.5 Å². The van der Waals surface area contributed by atoms with E-state index in [1.807, 2.05) is 13.0 Å². The molecule has 0 unspecified atom stereocenters. The molecular weight excluding hydrogens is 208 g/mol. The van der Waals surface area contributed by atoms with Crippen molar-refractivity contribution >= 4 is 11.9 Å². The number of amides is 1. The molecule has 0 aliphatic carbocycles. The van der Waals surface area contributed by atoms with Crippen molar-refractivity contribution in [1.29, 1.82) is 5.26 Å². The van der Waals surface area contributed by atoms with Crippen LogP contribution in [0.1, 0.15) is 33.1 Å². The zero-order chi connectivity index (χ0) is 12.4. The van der Waals surface area contributed by atoms with Gasteiger partial charge in [-0.15, -0.1) is 0 Å². The molecule has 0 N–H and O–H groups in total. The minimum absolute atomic E-state index is 0.106. The van der Waals surface area contributed by atoms with Gasteiger partial charge in [-0.2, -0.15) is 5.26 Å². The Morgan fingerprint density at radius 3 is 2.50 bits per heavy atom. The van der Waals surface area contributed by atoms with Crippen molar-refractivity contribution in [3.05, 3.63) is 0 Å². The number of ether oxygens (including phenoxy) is 1. The molecule has 0 heterocycles. The van der Waals surface area contributed by atoms with Crippen LogP contribution in [0.5, 0.6) is 0 Å². The van der Waals surface area contributed by atoms with Crippen molar-refractivity contribution in [1.82, 2.24) is 4.90 Å². The lowest BCUT2D eigenvalue weighted by Crippen LogP contribution is -2.31. The van der Waals surface area contributed by atoms with Gasteiger partial charge in [0.25, 0.3) is 0 Å². The van der Waals surface area contributed by atoms with Crippen LogP contribution in [0.4, 0.5) is 0 Å². The first kappa shape index (κ1) is 14.4. The molecule has 0 fully saturated rings. The molecule has 0 aromatic rings. The fraction of sp³-hybridized carbons (Fsp3) is 0.727. The van der Waals surface area contributed by atoms with E-state index in [0.29, 0.717) is 26.1 Å². The third-order valence-corrected chi connectivity index (χ3v) is 2.08. The lowest BCUT2D eigenvalue weighted by Gasteiger charge is -2.19. The van der Waals surface area contributed by atoms with Crippen LogP contribution < -0.4 is 0 Å². The summed E-state index contributed by atoms with van der Waals surface area (Å²) in [5.41, 5.74) is 0. The number of esters is 1. The maximum atomic E-state index is 11.6. The number of hydrogen-bond donors (Lipinski definition) is 0. The number of carbonyl (C=O) groups excluding carboxylic acids is 2. The van der Waals surface area contributed by atoms with Crippen molar-refractivity contribution in [2.75, 3.05) is 19.7 Å². The zero-order valence-corrected chi connectivity index (χ0v) is 9.86. The van der Waals surface area contributed by atoms with Crippen molar-refractivity contribution in [2.45, 2.75) is 33.1 Å². The maximum Gasteiger partial charge on any atom is 0.306 e. The summed E-state index contributed by atoms with van der Waals surface area (Å²) < 4.78 is 4.72. The van der Waals surface area contributed by atoms with Crippen molar-refractivity contribution < 1.29 is 14.3 Å². The van der Waals surface area contributed by atoms with E-state index >= 15 is 0 Å². The van der Waals surface area contributed by atoms with Gasteiger partial charge in [-0.05, 0) is 13.8 Å². The van der Waals surface area contributed by atoms with Gasteiger partial charge in [-0.1, -0.05) is 0 Å². The quantitative estimate of drug-likeness (QED) is 0.609. The Morgan fingerprint density at radius 2 is 2.00 bits per heavy atom. The van der Waals surface area contributed by atoms with Gasteiger partial charge < -0.3 is 9.64 Å². The summed E-state index contributed by atoms with van der Waals surface area (Å²) in [6, 6.07) is 1.99. The fourth-order valence-corrected chi connectivity index (χ4v) is 1.24. The predicted octanol–water partition coefficient (Wildman–Crippen LogP) is 1.09. The molecule has 0 aliphatic rings. The van der Waals surface area contributed by atoms with E-state index < -0.39 is 0 Å². The van der Waals surface area contributed by atoms with Gasteiger partial charge in [0, 0.05) is 19.5 Å². The van der Waals surface area contributed by atoms with Gasteiger partial charge in [-0.3, -0.25) is 9.59 Å². The van der Waals surface area contributed by atoms with Gasteiger partial charge >= 0.3 is 5.97 Å².